The van der Waals surface area contributed by atoms with Crippen LogP contribution < -0.4 is 5.32 Å². The fraction of sp³-hybridized carbons (Fsp3) is 0.267. The van der Waals surface area contributed by atoms with Crippen molar-refractivity contribution in [3.8, 4) is 0 Å². The lowest BCUT2D eigenvalue weighted by atomic mass is 10.1. The first-order valence-electron chi connectivity index (χ1n) is 7.05. The standard InChI is InChI=1S/C15H16N4O3S/c1-21-7-6-16-14(20)13-11(8-23-15-17-9-18-19-15)10-4-2-3-5-12(10)22-13/h2-5,9H,6-8H2,1H3,(H,16,20)(H,17,18,19). The van der Waals surface area contributed by atoms with E-state index in [0.29, 0.717) is 35.4 Å². The molecule has 0 saturated carbocycles. The number of aromatic amines is 1. The van der Waals surface area contributed by atoms with Gasteiger partial charge >= 0.3 is 0 Å². The second kappa shape index (κ2) is 7.30. The Balaban J connectivity index is 1.86. The van der Waals surface area contributed by atoms with Crippen LogP contribution in [0.2, 0.25) is 0 Å². The summed E-state index contributed by atoms with van der Waals surface area (Å²) in [5, 5.41) is 11.0. The van der Waals surface area contributed by atoms with E-state index in [-0.39, 0.29) is 5.91 Å². The van der Waals surface area contributed by atoms with Gasteiger partial charge in [-0.3, -0.25) is 9.89 Å². The first kappa shape index (κ1) is 15.6. The third kappa shape index (κ3) is 3.54. The molecule has 0 aliphatic rings. The minimum Gasteiger partial charge on any atom is -0.451 e. The molecule has 120 valence electrons. The molecule has 0 radical (unpaired) electrons. The highest BCUT2D eigenvalue weighted by Gasteiger charge is 2.20. The van der Waals surface area contributed by atoms with Crippen molar-refractivity contribution in [3.05, 3.63) is 41.9 Å². The normalized spacial score (nSPS) is 11.0. The quantitative estimate of drug-likeness (QED) is 0.509. The zero-order chi connectivity index (χ0) is 16.1. The lowest BCUT2D eigenvalue weighted by Crippen LogP contribution is -2.27. The molecule has 2 aromatic heterocycles. The largest absolute Gasteiger partial charge is 0.451 e. The molecule has 1 aromatic carbocycles. The first-order chi connectivity index (χ1) is 11.3. The second-order valence-electron chi connectivity index (χ2n) is 4.73. The molecule has 3 aromatic rings. The van der Waals surface area contributed by atoms with Crippen LogP contribution >= 0.6 is 11.8 Å². The van der Waals surface area contributed by atoms with Crippen LogP contribution in [-0.2, 0) is 10.5 Å². The van der Waals surface area contributed by atoms with E-state index < -0.39 is 0 Å². The van der Waals surface area contributed by atoms with E-state index in [4.69, 9.17) is 9.15 Å². The molecule has 8 heteroatoms. The Morgan fingerprint density at radius 3 is 3.09 bits per heavy atom. The molecule has 3 rings (SSSR count). The predicted octanol–water partition coefficient (Wildman–Crippen LogP) is 2.22. The SMILES string of the molecule is COCCNC(=O)c1oc2ccccc2c1CSc1ncn[nH]1. The van der Waals surface area contributed by atoms with Gasteiger partial charge in [-0.25, -0.2) is 4.98 Å². The molecule has 0 aliphatic carbocycles. The van der Waals surface area contributed by atoms with Crippen LogP contribution in [0.15, 0.2) is 40.2 Å². The summed E-state index contributed by atoms with van der Waals surface area (Å²) < 4.78 is 10.7. The van der Waals surface area contributed by atoms with Crippen molar-refractivity contribution in [2.24, 2.45) is 0 Å². The van der Waals surface area contributed by atoms with E-state index >= 15 is 0 Å². The topological polar surface area (TPSA) is 93.0 Å². The van der Waals surface area contributed by atoms with E-state index in [1.165, 1.54) is 18.1 Å². The highest BCUT2D eigenvalue weighted by Crippen LogP contribution is 2.30. The van der Waals surface area contributed by atoms with Crippen LogP contribution in [0.4, 0.5) is 0 Å². The van der Waals surface area contributed by atoms with Gasteiger partial charge in [-0.05, 0) is 6.07 Å². The maximum absolute atomic E-state index is 12.4. The molecule has 0 fully saturated rings. The number of hydrogen-bond acceptors (Lipinski definition) is 6. The summed E-state index contributed by atoms with van der Waals surface area (Å²) in [7, 11) is 1.59. The molecule has 0 unspecified atom stereocenters. The van der Waals surface area contributed by atoms with Gasteiger partial charge in [0.25, 0.3) is 5.91 Å². The van der Waals surface area contributed by atoms with Gasteiger partial charge in [0.05, 0.1) is 6.61 Å². The van der Waals surface area contributed by atoms with Crippen LogP contribution in [0.1, 0.15) is 16.1 Å². The molecule has 1 amide bonds. The third-order valence-electron chi connectivity index (χ3n) is 3.24. The van der Waals surface area contributed by atoms with Crippen LogP contribution in [0.3, 0.4) is 0 Å². The maximum atomic E-state index is 12.4. The zero-order valence-corrected chi connectivity index (χ0v) is 13.4. The highest BCUT2D eigenvalue weighted by molar-refractivity contribution is 7.98. The third-order valence-corrected chi connectivity index (χ3v) is 4.15. The van der Waals surface area contributed by atoms with Crippen LogP contribution in [0.25, 0.3) is 11.0 Å². The summed E-state index contributed by atoms with van der Waals surface area (Å²) in [4.78, 5) is 16.4. The summed E-state index contributed by atoms with van der Waals surface area (Å²) in [6, 6.07) is 7.60. The molecule has 0 saturated heterocycles. The Labute approximate surface area is 136 Å². The number of methoxy groups -OCH3 is 1. The highest BCUT2D eigenvalue weighted by atomic mass is 32.2. The molecule has 0 atom stereocenters. The van der Waals surface area contributed by atoms with Crippen molar-refractivity contribution in [1.29, 1.82) is 0 Å². The number of ether oxygens (including phenoxy) is 1. The van der Waals surface area contributed by atoms with Crippen molar-refractivity contribution >= 4 is 28.6 Å². The van der Waals surface area contributed by atoms with Gasteiger partial charge in [-0.2, -0.15) is 5.10 Å². The number of thioether (sulfide) groups is 1. The Kier molecular flexibility index (Phi) is 4.94. The Morgan fingerprint density at radius 1 is 1.43 bits per heavy atom. The smallest absolute Gasteiger partial charge is 0.287 e. The van der Waals surface area contributed by atoms with E-state index in [9.17, 15) is 4.79 Å². The second-order valence-corrected chi connectivity index (χ2v) is 5.70. The number of furan rings is 1. The number of benzene rings is 1. The molecule has 0 aliphatic heterocycles. The number of carbonyl (C=O) groups is 1. The van der Waals surface area contributed by atoms with Gasteiger partial charge in [0.2, 0.25) is 0 Å². The summed E-state index contributed by atoms with van der Waals surface area (Å²) in [5.41, 5.74) is 1.54. The Morgan fingerprint density at radius 2 is 2.30 bits per heavy atom. The Hall–Kier alpha value is -2.32. The number of para-hydroxylation sites is 1. The number of fused-ring (bicyclic) bond motifs is 1. The number of carbonyl (C=O) groups excluding carboxylic acids is 1. The van der Waals surface area contributed by atoms with Crippen LogP contribution in [-0.4, -0.2) is 41.3 Å². The monoisotopic (exact) mass is 332 g/mol. The lowest BCUT2D eigenvalue weighted by Gasteiger charge is -2.04. The number of hydrogen-bond donors (Lipinski definition) is 2. The van der Waals surface area contributed by atoms with E-state index in [1.54, 1.807) is 7.11 Å². The molecule has 0 bridgehead atoms. The van der Waals surface area contributed by atoms with E-state index in [1.807, 2.05) is 24.3 Å². The van der Waals surface area contributed by atoms with Crippen molar-refractivity contribution in [2.75, 3.05) is 20.3 Å². The van der Waals surface area contributed by atoms with Crippen molar-refractivity contribution in [2.45, 2.75) is 10.9 Å². The molecular formula is C15H16N4O3S. The maximum Gasteiger partial charge on any atom is 0.287 e. The molecule has 2 N–H and O–H groups in total. The van der Waals surface area contributed by atoms with Gasteiger partial charge in [0.1, 0.15) is 11.9 Å². The number of H-pyrrole nitrogens is 1. The minimum absolute atomic E-state index is 0.244. The number of aromatic nitrogens is 3. The van der Waals surface area contributed by atoms with Gasteiger partial charge < -0.3 is 14.5 Å². The van der Waals surface area contributed by atoms with Crippen molar-refractivity contribution < 1.29 is 13.9 Å². The van der Waals surface area contributed by atoms with Crippen molar-refractivity contribution in [3.63, 3.8) is 0 Å². The molecular weight excluding hydrogens is 316 g/mol. The van der Waals surface area contributed by atoms with Gasteiger partial charge in [0, 0.05) is 30.4 Å². The summed E-state index contributed by atoms with van der Waals surface area (Å²) in [6.45, 7) is 0.884. The van der Waals surface area contributed by atoms with Gasteiger partial charge in [-0.1, -0.05) is 30.0 Å². The minimum atomic E-state index is -0.244. The van der Waals surface area contributed by atoms with Gasteiger partial charge in [-0.15, -0.1) is 0 Å². The number of rotatable bonds is 7. The Bertz CT molecular complexity index is 785. The number of nitrogens with one attached hydrogen (secondary N) is 2. The fourth-order valence-corrected chi connectivity index (χ4v) is 2.98. The number of nitrogens with zero attached hydrogens (tertiary/aromatic N) is 2. The average molecular weight is 332 g/mol. The summed E-state index contributed by atoms with van der Waals surface area (Å²) in [6.07, 6.45) is 1.45. The zero-order valence-electron chi connectivity index (χ0n) is 12.5. The summed E-state index contributed by atoms with van der Waals surface area (Å²) in [5.74, 6) is 0.639. The fourth-order valence-electron chi connectivity index (χ4n) is 2.18. The molecule has 0 spiro atoms. The molecule has 7 nitrogen and oxygen atoms in total. The first-order valence-corrected chi connectivity index (χ1v) is 8.04. The predicted molar refractivity (Wildman–Crippen MR) is 86.4 cm³/mol. The molecule has 23 heavy (non-hydrogen) atoms. The van der Waals surface area contributed by atoms with Crippen LogP contribution in [0, 0.1) is 0 Å². The van der Waals surface area contributed by atoms with E-state index in [2.05, 4.69) is 20.5 Å². The lowest BCUT2D eigenvalue weighted by molar-refractivity contribution is 0.0910. The summed E-state index contributed by atoms with van der Waals surface area (Å²) >= 11 is 1.47. The molecule has 2 heterocycles. The van der Waals surface area contributed by atoms with Crippen molar-refractivity contribution in [1.82, 2.24) is 20.5 Å². The van der Waals surface area contributed by atoms with E-state index in [0.717, 1.165) is 10.9 Å². The van der Waals surface area contributed by atoms with Gasteiger partial charge in [0.15, 0.2) is 10.9 Å². The van der Waals surface area contributed by atoms with Crippen LogP contribution in [0.5, 0.6) is 0 Å². The number of amides is 1. The average Bonchev–Trinajstić information content (AvgIpc) is 3.20.